The van der Waals surface area contributed by atoms with E-state index in [2.05, 4.69) is 14.9 Å². The minimum absolute atomic E-state index is 0.0187. The zero-order chi connectivity index (χ0) is 18.4. The quantitative estimate of drug-likeness (QED) is 0.839. The Labute approximate surface area is 155 Å². The van der Waals surface area contributed by atoms with Gasteiger partial charge < -0.3 is 10.2 Å². The van der Waals surface area contributed by atoms with Crippen molar-refractivity contribution in [3.05, 3.63) is 46.7 Å². The molecule has 8 heteroatoms. The molecule has 2 heterocycles. The van der Waals surface area contributed by atoms with Gasteiger partial charge in [0.25, 0.3) is 5.91 Å². The van der Waals surface area contributed by atoms with Gasteiger partial charge in [-0.3, -0.25) is 9.59 Å². The Bertz CT molecular complexity index is 745. The molecule has 1 aromatic carbocycles. The van der Waals surface area contributed by atoms with E-state index in [4.69, 9.17) is 0 Å². The average Bonchev–Trinajstić information content (AvgIpc) is 3.18. The van der Waals surface area contributed by atoms with Crippen LogP contribution in [0, 0.1) is 11.7 Å². The topological polar surface area (TPSA) is 75.2 Å². The van der Waals surface area contributed by atoms with Crippen molar-refractivity contribution in [2.75, 3.05) is 19.6 Å². The van der Waals surface area contributed by atoms with Crippen LogP contribution < -0.4 is 5.32 Å². The van der Waals surface area contributed by atoms with Crippen molar-refractivity contribution in [3.63, 3.8) is 0 Å². The van der Waals surface area contributed by atoms with Crippen LogP contribution in [-0.4, -0.2) is 45.9 Å². The molecule has 0 atom stereocenters. The Morgan fingerprint density at radius 3 is 2.73 bits per heavy atom. The lowest BCUT2D eigenvalue weighted by molar-refractivity contribution is -0.122. The highest BCUT2D eigenvalue weighted by molar-refractivity contribution is 7.03. The first-order valence-corrected chi connectivity index (χ1v) is 9.53. The summed E-state index contributed by atoms with van der Waals surface area (Å²) < 4.78 is 17.3. The highest BCUT2D eigenvalue weighted by atomic mass is 32.1. The third-order valence-electron chi connectivity index (χ3n) is 4.63. The monoisotopic (exact) mass is 376 g/mol. The van der Waals surface area contributed by atoms with E-state index in [-0.39, 0.29) is 23.5 Å². The summed E-state index contributed by atoms with van der Waals surface area (Å²) in [6.07, 6.45) is 2.51. The van der Waals surface area contributed by atoms with E-state index in [1.807, 2.05) is 0 Å². The molecule has 1 aromatic heterocycles. The maximum Gasteiger partial charge on any atom is 0.275 e. The van der Waals surface area contributed by atoms with Gasteiger partial charge >= 0.3 is 0 Å². The molecule has 26 heavy (non-hydrogen) atoms. The molecule has 1 aliphatic heterocycles. The Morgan fingerprint density at radius 2 is 2.04 bits per heavy atom. The molecule has 0 aliphatic carbocycles. The van der Waals surface area contributed by atoms with Gasteiger partial charge in [-0.05, 0) is 48.3 Å². The van der Waals surface area contributed by atoms with Crippen LogP contribution >= 0.6 is 11.5 Å². The van der Waals surface area contributed by atoms with Crippen molar-refractivity contribution >= 4 is 23.3 Å². The lowest BCUT2D eigenvalue weighted by Gasteiger charge is -2.31. The summed E-state index contributed by atoms with van der Waals surface area (Å²) in [6.45, 7) is 1.68. The number of hydrogen-bond acceptors (Lipinski definition) is 5. The van der Waals surface area contributed by atoms with Crippen LogP contribution in [0.5, 0.6) is 0 Å². The van der Waals surface area contributed by atoms with Crippen molar-refractivity contribution in [2.24, 2.45) is 5.92 Å². The summed E-state index contributed by atoms with van der Waals surface area (Å²) >= 11 is 1.16. The molecule has 0 unspecified atom stereocenters. The van der Waals surface area contributed by atoms with Crippen molar-refractivity contribution in [1.29, 1.82) is 0 Å². The zero-order valence-corrected chi connectivity index (χ0v) is 15.2. The summed E-state index contributed by atoms with van der Waals surface area (Å²) in [5, 5.41) is 8.32. The number of carbonyl (C=O) groups is 2. The van der Waals surface area contributed by atoms with Gasteiger partial charge in [-0.15, -0.1) is 5.10 Å². The number of benzene rings is 1. The number of nitrogens with zero attached hydrogens (tertiary/aromatic N) is 3. The summed E-state index contributed by atoms with van der Waals surface area (Å²) in [6, 6.07) is 6.59. The number of aromatic nitrogens is 2. The fraction of sp³-hybridized carbons (Fsp3) is 0.444. The molecule has 138 valence electrons. The molecule has 1 N–H and O–H groups in total. The van der Waals surface area contributed by atoms with Crippen LogP contribution in [0.15, 0.2) is 29.6 Å². The smallest absolute Gasteiger partial charge is 0.275 e. The normalized spacial score (nSPS) is 15.0. The molecule has 1 aliphatic rings. The van der Waals surface area contributed by atoms with Crippen molar-refractivity contribution in [3.8, 4) is 0 Å². The number of halogens is 1. The van der Waals surface area contributed by atoms with E-state index in [1.54, 1.807) is 28.5 Å². The first-order valence-electron chi connectivity index (χ1n) is 8.70. The Kier molecular flexibility index (Phi) is 6.27. The number of amides is 2. The van der Waals surface area contributed by atoms with E-state index < -0.39 is 0 Å². The number of likely N-dealkylation sites (tertiary alicyclic amines) is 1. The van der Waals surface area contributed by atoms with Gasteiger partial charge in [-0.2, -0.15) is 0 Å². The molecule has 2 amide bonds. The van der Waals surface area contributed by atoms with Gasteiger partial charge in [0.1, 0.15) is 5.82 Å². The van der Waals surface area contributed by atoms with Gasteiger partial charge in [0.2, 0.25) is 5.91 Å². The molecule has 0 saturated carbocycles. The van der Waals surface area contributed by atoms with Crippen LogP contribution in [0.3, 0.4) is 0 Å². The summed E-state index contributed by atoms with van der Waals surface area (Å²) in [5.74, 6) is -0.0865. The largest absolute Gasteiger partial charge is 0.356 e. The molecule has 6 nitrogen and oxygen atoms in total. The number of rotatable bonds is 6. The molecule has 1 saturated heterocycles. The van der Waals surface area contributed by atoms with Gasteiger partial charge in [0, 0.05) is 31.4 Å². The van der Waals surface area contributed by atoms with Crippen LogP contribution in [-0.2, 0) is 11.2 Å². The van der Waals surface area contributed by atoms with Crippen molar-refractivity contribution in [1.82, 2.24) is 19.8 Å². The molecule has 2 aromatic rings. The van der Waals surface area contributed by atoms with Crippen LogP contribution in [0.2, 0.25) is 0 Å². The highest BCUT2D eigenvalue weighted by Crippen LogP contribution is 2.21. The third-order valence-corrected chi connectivity index (χ3v) is 5.13. The van der Waals surface area contributed by atoms with E-state index in [1.165, 1.54) is 6.07 Å². The van der Waals surface area contributed by atoms with E-state index in [0.717, 1.165) is 24.4 Å². The number of hydrogen-bond donors (Lipinski definition) is 1. The molecule has 0 bridgehead atoms. The molecular weight excluding hydrogens is 355 g/mol. The fourth-order valence-electron chi connectivity index (χ4n) is 3.13. The third kappa shape index (κ3) is 4.85. The SMILES string of the molecule is O=C(CC1CCN(C(=O)c2csnn2)CC1)NCCc1ccccc1F. The second kappa shape index (κ2) is 8.84. The van der Waals surface area contributed by atoms with Gasteiger partial charge in [0.15, 0.2) is 5.69 Å². The van der Waals surface area contributed by atoms with E-state index in [0.29, 0.717) is 43.7 Å². The van der Waals surface area contributed by atoms with E-state index in [9.17, 15) is 14.0 Å². The average molecular weight is 376 g/mol. The van der Waals surface area contributed by atoms with Gasteiger partial charge in [-0.25, -0.2) is 4.39 Å². The second-order valence-electron chi connectivity index (χ2n) is 6.42. The zero-order valence-electron chi connectivity index (χ0n) is 14.4. The maximum absolute atomic E-state index is 13.5. The predicted octanol–water partition coefficient (Wildman–Crippen LogP) is 2.28. The van der Waals surface area contributed by atoms with Crippen LogP contribution in [0.4, 0.5) is 4.39 Å². The van der Waals surface area contributed by atoms with Crippen molar-refractivity contribution < 1.29 is 14.0 Å². The Hall–Kier alpha value is -2.35. The lowest BCUT2D eigenvalue weighted by Crippen LogP contribution is -2.40. The minimum atomic E-state index is -0.242. The van der Waals surface area contributed by atoms with Crippen molar-refractivity contribution in [2.45, 2.75) is 25.7 Å². The minimum Gasteiger partial charge on any atom is -0.356 e. The highest BCUT2D eigenvalue weighted by Gasteiger charge is 2.26. The predicted molar refractivity (Wildman–Crippen MR) is 96.3 cm³/mol. The molecule has 0 spiro atoms. The second-order valence-corrected chi connectivity index (χ2v) is 7.03. The molecule has 0 radical (unpaired) electrons. The summed E-state index contributed by atoms with van der Waals surface area (Å²) in [7, 11) is 0. The first kappa shape index (κ1) is 18.4. The van der Waals surface area contributed by atoms with E-state index >= 15 is 0 Å². The van der Waals surface area contributed by atoms with Gasteiger partial charge in [0.05, 0.1) is 0 Å². The number of carbonyl (C=O) groups excluding carboxylic acids is 2. The summed E-state index contributed by atoms with van der Waals surface area (Å²) in [4.78, 5) is 26.1. The van der Waals surface area contributed by atoms with Gasteiger partial charge in [-0.1, -0.05) is 22.7 Å². The fourth-order valence-corrected chi connectivity index (χ4v) is 3.56. The standard InChI is InChI=1S/C18H21FN4O2S/c19-15-4-2-1-3-14(15)5-8-20-17(24)11-13-6-9-23(10-7-13)18(25)16-12-26-22-21-16/h1-4,12-13H,5-11H2,(H,20,24). The Balaban J connectivity index is 1.37. The van der Waals surface area contributed by atoms with Crippen LogP contribution in [0.1, 0.15) is 35.3 Å². The lowest BCUT2D eigenvalue weighted by atomic mass is 9.93. The first-order chi connectivity index (χ1) is 12.6. The summed E-state index contributed by atoms with van der Waals surface area (Å²) in [5.41, 5.74) is 0.996. The number of nitrogens with one attached hydrogen (secondary N) is 1. The molecule has 3 rings (SSSR count). The van der Waals surface area contributed by atoms with Crippen LogP contribution in [0.25, 0.3) is 0 Å². The Morgan fingerprint density at radius 1 is 1.27 bits per heavy atom. The molecule has 1 fully saturated rings. The number of piperidine rings is 1. The maximum atomic E-state index is 13.5. The molecular formula is C18H21FN4O2S.